The monoisotopic (exact) mass is 380 g/mol. The quantitative estimate of drug-likeness (QED) is 0.260. The van der Waals surface area contributed by atoms with Crippen molar-refractivity contribution in [2.75, 3.05) is 34.4 Å². The van der Waals surface area contributed by atoms with Crippen LogP contribution in [-0.2, 0) is 0 Å². The molecule has 0 N–H and O–H groups in total. The van der Waals surface area contributed by atoms with Gasteiger partial charge < -0.3 is 19.2 Å². The summed E-state index contributed by atoms with van der Waals surface area (Å²) in [7, 11) is 5.39. The van der Waals surface area contributed by atoms with E-state index in [2.05, 4.69) is 10.1 Å². The summed E-state index contributed by atoms with van der Waals surface area (Å²) < 4.78 is 18.7. The normalized spacial score (nSPS) is 11.2. The first kappa shape index (κ1) is 19.3. The van der Waals surface area contributed by atoms with Gasteiger partial charge in [0.2, 0.25) is 0 Å². The number of hydrogen-bond acceptors (Lipinski definition) is 6. The average Bonchev–Trinajstić information content (AvgIpc) is 3.25. The molecule has 0 saturated carbocycles. The van der Waals surface area contributed by atoms with Crippen molar-refractivity contribution in [2.24, 2.45) is 5.10 Å². The lowest BCUT2D eigenvalue weighted by Crippen LogP contribution is -2.19. The summed E-state index contributed by atoms with van der Waals surface area (Å²) >= 11 is 0. The minimum atomic E-state index is 0.405. The third-order valence-corrected chi connectivity index (χ3v) is 3.84. The van der Waals surface area contributed by atoms with E-state index >= 15 is 0 Å². The number of imidazole rings is 1. The summed E-state index contributed by atoms with van der Waals surface area (Å²) in [5.41, 5.74) is 0.874. The van der Waals surface area contributed by atoms with Crippen LogP contribution in [0.5, 0.6) is 17.2 Å². The summed E-state index contributed by atoms with van der Waals surface area (Å²) in [6.45, 7) is 0.827. The molecule has 3 rings (SSSR count). The lowest BCUT2D eigenvalue weighted by molar-refractivity contribution is 0.216. The Morgan fingerprint density at radius 3 is 2.39 bits per heavy atom. The fraction of sp³-hybridized carbons (Fsp3) is 0.238. The average molecular weight is 380 g/mol. The Bertz CT molecular complexity index is 890. The van der Waals surface area contributed by atoms with Crippen LogP contribution in [0.2, 0.25) is 0 Å². The van der Waals surface area contributed by atoms with Gasteiger partial charge in [-0.15, -0.1) is 0 Å². The fourth-order valence-corrected chi connectivity index (χ4v) is 2.58. The number of hydrazone groups is 1. The molecule has 0 saturated heterocycles. The number of methoxy groups -OCH3 is 1. The maximum atomic E-state index is 5.98. The predicted octanol–water partition coefficient (Wildman–Crippen LogP) is 3.12. The zero-order chi connectivity index (χ0) is 19.8. The SMILES string of the molecule is COc1ccc(OCCOc2ccccc2C(=NN(C)C)n2ccnc2)cc1. The molecular formula is C21H24N4O3. The molecule has 7 heteroatoms. The van der Waals surface area contributed by atoms with Gasteiger partial charge in [-0.1, -0.05) is 12.1 Å². The van der Waals surface area contributed by atoms with Crippen molar-refractivity contribution in [3.05, 3.63) is 72.8 Å². The minimum absolute atomic E-state index is 0.405. The van der Waals surface area contributed by atoms with Crippen molar-refractivity contribution in [3.63, 3.8) is 0 Å². The molecule has 0 radical (unpaired) electrons. The van der Waals surface area contributed by atoms with Crippen LogP contribution in [0.1, 0.15) is 5.56 Å². The van der Waals surface area contributed by atoms with Gasteiger partial charge in [0.05, 0.1) is 12.7 Å². The molecule has 0 aliphatic rings. The molecule has 0 amide bonds. The first-order valence-corrected chi connectivity index (χ1v) is 8.90. The maximum Gasteiger partial charge on any atom is 0.168 e. The van der Waals surface area contributed by atoms with Crippen molar-refractivity contribution in [1.82, 2.24) is 14.6 Å². The van der Waals surface area contributed by atoms with E-state index in [9.17, 15) is 0 Å². The molecule has 0 spiro atoms. The maximum absolute atomic E-state index is 5.98. The third-order valence-electron chi connectivity index (χ3n) is 3.84. The lowest BCUT2D eigenvalue weighted by Gasteiger charge is -2.16. The van der Waals surface area contributed by atoms with Gasteiger partial charge in [-0.3, -0.25) is 4.57 Å². The lowest BCUT2D eigenvalue weighted by atomic mass is 10.2. The van der Waals surface area contributed by atoms with Gasteiger partial charge in [-0.25, -0.2) is 4.98 Å². The van der Waals surface area contributed by atoms with E-state index in [0.717, 1.165) is 28.6 Å². The minimum Gasteiger partial charge on any atom is -0.497 e. The highest BCUT2D eigenvalue weighted by atomic mass is 16.5. The zero-order valence-corrected chi connectivity index (χ0v) is 16.3. The van der Waals surface area contributed by atoms with Crippen LogP contribution in [0.15, 0.2) is 72.4 Å². The number of aromatic nitrogens is 2. The van der Waals surface area contributed by atoms with Gasteiger partial charge in [0.25, 0.3) is 0 Å². The number of nitrogens with zero attached hydrogens (tertiary/aromatic N) is 4. The Morgan fingerprint density at radius 1 is 1.00 bits per heavy atom. The standard InChI is InChI=1S/C21H24N4O3/c1-24(2)23-21(25-13-12-22-16-25)19-6-4-5-7-20(19)28-15-14-27-18-10-8-17(26-3)9-11-18/h4-13,16H,14-15H2,1-3H3. The van der Waals surface area contributed by atoms with E-state index in [1.807, 2.05) is 73.4 Å². The molecule has 28 heavy (non-hydrogen) atoms. The highest BCUT2D eigenvalue weighted by Crippen LogP contribution is 2.21. The molecule has 0 bridgehead atoms. The van der Waals surface area contributed by atoms with E-state index in [1.54, 1.807) is 24.6 Å². The van der Waals surface area contributed by atoms with Gasteiger partial charge in [0.1, 0.15) is 36.8 Å². The molecule has 0 atom stereocenters. The number of hydrogen-bond donors (Lipinski definition) is 0. The molecule has 3 aromatic rings. The second-order valence-corrected chi connectivity index (χ2v) is 6.11. The molecule has 1 aromatic heterocycles. The smallest absolute Gasteiger partial charge is 0.168 e. The largest absolute Gasteiger partial charge is 0.497 e. The highest BCUT2D eigenvalue weighted by Gasteiger charge is 2.13. The topological polar surface area (TPSA) is 61.1 Å². The number of rotatable bonds is 8. The molecule has 0 aliphatic heterocycles. The van der Waals surface area contributed by atoms with Crippen molar-refractivity contribution >= 4 is 5.84 Å². The molecule has 0 aliphatic carbocycles. The summed E-state index contributed by atoms with van der Waals surface area (Å²) in [6.07, 6.45) is 5.29. The summed E-state index contributed by atoms with van der Waals surface area (Å²) in [6, 6.07) is 15.2. The molecule has 0 fully saturated rings. The Morgan fingerprint density at radius 2 is 1.71 bits per heavy atom. The second-order valence-electron chi connectivity index (χ2n) is 6.11. The highest BCUT2D eigenvalue weighted by molar-refractivity contribution is 6.02. The zero-order valence-electron chi connectivity index (χ0n) is 16.3. The Balaban J connectivity index is 1.67. The first-order chi connectivity index (χ1) is 13.7. The second kappa shape index (κ2) is 9.45. The third kappa shape index (κ3) is 5.03. The molecule has 7 nitrogen and oxygen atoms in total. The van der Waals surface area contributed by atoms with Crippen molar-refractivity contribution in [3.8, 4) is 17.2 Å². The van der Waals surface area contributed by atoms with Crippen LogP contribution in [-0.4, -0.2) is 54.8 Å². The van der Waals surface area contributed by atoms with Gasteiger partial charge >= 0.3 is 0 Å². The van der Waals surface area contributed by atoms with Gasteiger partial charge in [0, 0.05) is 26.5 Å². The predicted molar refractivity (Wildman–Crippen MR) is 108 cm³/mol. The van der Waals surface area contributed by atoms with E-state index < -0.39 is 0 Å². The summed E-state index contributed by atoms with van der Waals surface area (Å²) in [5.74, 6) is 3.03. The fourth-order valence-electron chi connectivity index (χ4n) is 2.58. The molecule has 0 unspecified atom stereocenters. The number of ether oxygens (including phenoxy) is 3. The van der Waals surface area contributed by atoms with Crippen LogP contribution >= 0.6 is 0 Å². The van der Waals surface area contributed by atoms with Gasteiger partial charge in [0.15, 0.2) is 5.84 Å². The van der Waals surface area contributed by atoms with E-state index in [4.69, 9.17) is 14.2 Å². The van der Waals surface area contributed by atoms with Gasteiger partial charge in [-0.05, 0) is 36.4 Å². The van der Waals surface area contributed by atoms with Gasteiger partial charge in [-0.2, -0.15) is 5.10 Å². The van der Waals surface area contributed by atoms with E-state index in [0.29, 0.717) is 13.2 Å². The van der Waals surface area contributed by atoms with Crippen LogP contribution in [0.25, 0.3) is 0 Å². The van der Waals surface area contributed by atoms with Crippen LogP contribution in [0.3, 0.4) is 0 Å². The van der Waals surface area contributed by atoms with Crippen molar-refractivity contribution < 1.29 is 14.2 Å². The number of benzene rings is 2. The summed E-state index contributed by atoms with van der Waals surface area (Å²) in [5, 5.41) is 6.34. The Kier molecular flexibility index (Phi) is 6.51. The van der Waals surface area contributed by atoms with Crippen LogP contribution in [0.4, 0.5) is 0 Å². The van der Waals surface area contributed by atoms with E-state index in [-0.39, 0.29) is 0 Å². The van der Waals surface area contributed by atoms with Crippen molar-refractivity contribution in [2.45, 2.75) is 0 Å². The molecule has 2 aromatic carbocycles. The molecule has 1 heterocycles. The van der Waals surface area contributed by atoms with Crippen LogP contribution in [0, 0.1) is 0 Å². The Labute approximate surface area is 164 Å². The number of para-hydroxylation sites is 1. The van der Waals surface area contributed by atoms with Crippen LogP contribution < -0.4 is 14.2 Å². The van der Waals surface area contributed by atoms with E-state index in [1.165, 1.54) is 0 Å². The summed E-state index contributed by atoms with van der Waals surface area (Å²) in [4.78, 5) is 4.12. The van der Waals surface area contributed by atoms with Crippen molar-refractivity contribution in [1.29, 1.82) is 0 Å². The molecule has 146 valence electrons. The molecular weight excluding hydrogens is 356 g/mol. The Hall–Kier alpha value is -3.48. The first-order valence-electron chi connectivity index (χ1n) is 8.90.